The van der Waals surface area contributed by atoms with Gasteiger partial charge in [-0.2, -0.15) is 0 Å². The van der Waals surface area contributed by atoms with Crippen LogP contribution in [-0.4, -0.2) is 5.11 Å². The molecule has 1 aromatic carbocycles. The summed E-state index contributed by atoms with van der Waals surface area (Å²) in [4.78, 5) is 0.932. The molecule has 0 saturated heterocycles. The Bertz CT molecular complexity index is 550. The molecule has 1 aromatic heterocycles. The molecule has 0 amide bonds. The first-order chi connectivity index (χ1) is 7.99. The van der Waals surface area contributed by atoms with Gasteiger partial charge < -0.3 is 5.11 Å². The van der Waals surface area contributed by atoms with Crippen molar-refractivity contribution in [3.8, 4) is 0 Å². The molecule has 0 aliphatic rings. The molecule has 0 aliphatic heterocycles. The molecule has 0 radical (unpaired) electrons. The predicted molar refractivity (Wildman–Crippen MR) is 77.0 cm³/mol. The number of hydrogen-bond donors (Lipinski definition) is 1. The first-order valence-corrected chi connectivity index (χ1v) is 7.17. The first-order valence-electron chi connectivity index (χ1n) is 5.19. The maximum Gasteiger partial charge on any atom is 0.113 e. The molecule has 0 spiro atoms. The van der Waals surface area contributed by atoms with Crippen molar-refractivity contribution in [2.75, 3.05) is 0 Å². The molecule has 4 heteroatoms. The molecular formula is C13H12BrClOS. The smallest absolute Gasteiger partial charge is 0.113 e. The van der Waals surface area contributed by atoms with Gasteiger partial charge in [0.25, 0.3) is 0 Å². The van der Waals surface area contributed by atoms with Gasteiger partial charge in [0.15, 0.2) is 0 Å². The molecule has 2 rings (SSSR count). The number of rotatable bonds is 2. The van der Waals surface area contributed by atoms with E-state index < -0.39 is 6.10 Å². The summed E-state index contributed by atoms with van der Waals surface area (Å²) in [6.07, 6.45) is -0.581. The van der Waals surface area contributed by atoms with Gasteiger partial charge in [-0.05, 0) is 64.7 Å². The molecular weight excluding hydrogens is 320 g/mol. The Morgan fingerprint density at radius 2 is 1.94 bits per heavy atom. The highest BCUT2D eigenvalue weighted by Crippen LogP contribution is 2.34. The van der Waals surface area contributed by atoms with Gasteiger partial charge in [-0.15, -0.1) is 11.3 Å². The molecule has 0 bridgehead atoms. The summed E-state index contributed by atoms with van der Waals surface area (Å²) in [6.45, 7) is 3.91. The molecule has 1 heterocycles. The summed E-state index contributed by atoms with van der Waals surface area (Å²) < 4.78 is 1.02. The maximum atomic E-state index is 10.3. The summed E-state index contributed by atoms with van der Waals surface area (Å²) in [5.41, 5.74) is 2.92. The Labute approximate surface area is 118 Å². The van der Waals surface area contributed by atoms with E-state index in [-0.39, 0.29) is 0 Å². The fourth-order valence-electron chi connectivity index (χ4n) is 1.73. The number of hydrogen-bond acceptors (Lipinski definition) is 2. The van der Waals surface area contributed by atoms with Crippen LogP contribution < -0.4 is 0 Å². The molecule has 1 N–H and O–H groups in total. The van der Waals surface area contributed by atoms with Gasteiger partial charge in [-0.3, -0.25) is 0 Å². The van der Waals surface area contributed by atoms with Crippen molar-refractivity contribution in [2.24, 2.45) is 0 Å². The van der Waals surface area contributed by atoms with E-state index in [1.54, 1.807) is 11.3 Å². The number of thiophene rings is 1. The van der Waals surface area contributed by atoms with Crippen LogP contribution in [0, 0.1) is 13.8 Å². The Balaban J connectivity index is 2.43. The third kappa shape index (κ3) is 2.74. The zero-order valence-electron chi connectivity index (χ0n) is 9.50. The number of benzene rings is 1. The highest BCUT2D eigenvalue weighted by atomic mass is 79.9. The van der Waals surface area contributed by atoms with E-state index in [0.29, 0.717) is 0 Å². The number of aliphatic hydroxyl groups is 1. The van der Waals surface area contributed by atoms with Crippen molar-refractivity contribution >= 4 is 38.9 Å². The molecule has 0 saturated carbocycles. The van der Waals surface area contributed by atoms with E-state index in [1.807, 2.05) is 38.1 Å². The van der Waals surface area contributed by atoms with Crippen molar-refractivity contribution in [3.63, 3.8) is 0 Å². The minimum absolute atomic E-state index is 0.581. The molecule has 90 valence electrons. The molecule has 0 aliphatic carbocycles. The van der Waals surface area contributed by atoms with Crippen molar-refractivity contribution < 1.29 is 5.11 Å². The molecule has 17 heavy (non-hydrogen) atoms. The van der Waals surface area contributed by atoms with E-state index >= 15 is 0 Å². The second-order valence-electron chi connectivity index (χ2n) is 4.00. The van der Waals surface area contributed by atoms with Crippen molar-refractivity contribution in [1.29, 1.82) is 0 Å². The zero-order chi connectivity index (χ0) is 12.6. The third-order valence-electron chi connectivity index (χ3n) is 2.71. The lowest BCUT2D eigenvalue weighted by molar-refractivity contribution is 0.223. The molecule has 1 unspecified atom stereocenters. The SMILES string of the molecule is Cc1cc(C(O)c2ccc(Br)s2)c(C)cc1Cl. The van der Waals surface area contributed by atoms with E-state index in [2.05, 4.69) is 15.9 Å². The van der Waals surface area contributed by atoms with E-state index in [1.165, 1.54) is 0 Å². The minimum atomic E-state index is -0.581. The molecule has 2 aromatic rings. The van der Waals surface area contributed by atoms with E-state index in [9.17, 15) is 5.11 Å². The maximum absolute atomic E-state index is 10.3. The van der Waals surface area contributed by atoms with Crippen LogP contribution in [0.25, 0.3) is 0 Å². The average Bonchev–Trinajstić information content (AvgIpc) is 2.69. The normalized spacial score (nSPS) is 12.8. The fourth-order valence-corrected chi connectivity index (χ4v) is 3.37. The lowest BCUT2D eigenvalue weighted by Crippen LogP contribution is -2.00. The number of aliphatic hydroxyl groups excluding tert-OH is 1. The summed E-state index contributed by atoms with van der Waals surface area (Å²) in [5.74, 6) is 0. The minimum Gasteiger partial charge on any atom is -0.383 e. The quantitative estimate of drug-likeness (QED) is 0.833. The molecule has 1 nitrogen and oxygen atoms in total. The summed E-state index contributed by atoms with van der Waals surface area (Å²) in [5, 5.41) is 11.1. The predicted octanol–water partition coefficient (Wildman–Crippen LogP) is 4.86. The van der Waals surface area contributed by atoms with Crippen LogP contribution in [-0.2, 0) is 0 Å². The largest absolute Gasteiger partial charge is 0.383 e. The van der Waals surface area contributed by atoms with Crippen LogP contribution in [0.3, 0.4) is 0 Å². The third-order valence-corrected chi connectivity index (χ3v) is 4.79. The van der Waals surface area contributed by atoms with Crippen LogP contribution in [0.2, 0.25) is 5.02 Å². The van der Waals surface area contributed by atoms with Gasteiger partial charge in [0.2, 0.25) is 0 Å². The highest BCUT2D eigenvalue weighted by molar-refractivity contribution is 9.11. The topological polar surface area (TPSA) is 20.2 Å². The van der Waals surface area contributed by atoms with Crippen molar-refractivity contribution in [2.45, 2.75) is 20.0 Å². The van der Waals surface area contributed by atoms with Gasteiger partial charge in [0.1, 0.15) is 6.10 Å². The van der Waals surface area contributed by atoms with E-state index in [0.717, 1.165) is 30.4 Å². The Morgan fingerprint density at radius 1 is 1.24 bits per heavy atom. The van der Waals surface area contributed by atoms with Crippen LogP contribution in [0.1, 0.15) is 27.7 Å². The van der Waals surface area contributed by atoms with Crippen molar-refractivity contribution in [3.05, 3.63) is 54.6 Å². The van der Waals surface area contributed by atoms with Crippen LogP contribution >= 0.6 is 38.9 Å². The summed E-state index contributed by atoms with van der Waals surface area (Å²) >= 11 is 11.0. The number of aryl methyl sites for hydroxylation is 2. The van der Waals surface area contributed by atoms with Gasteiger partial charge in [-0.1, -0.05) is 17.7 Å². The van der Waals surface area contributed by atoms with E-state index in [4.69, 9.17) is 11.6 Å². The Kier molecular flexibility index (Phi) is 3.93. The van der Waals surface area contributed by atoms with Crippen LogP contribution in [0.15, 0.2) is 28.1 Å². The van der Waals surface area contributed by atoms with Crippen molar-refractivity contribution in [1.82, 2.24) is 0 Å². The lowest BCUT2D eigenvalue weighted by atomic mass is 10.00. The number of halogens is 2. The Morgan fingerprint density at radius 3 is 2.53 bits per heavy atom. The lowest BCUT2D eigenvalue weighted by Gasteiger charge is -2.14. The van der Waals surface area contributed by atoms with Gasteiger partial charge in [0.05, 0.1) is 3.79 Å². The fraction of sp³-hybridized carbons (Fsp3) is 0.231. The summed E-state index contributed by atoms with van der Waals surface area (Å²) in [7, 11) is 0. The molecule has 1 atom stereocenters. The van der Waals surface area contributed by atoms with Gasteiger partial charge >= 0.3 is 0 Å². The second-order valence-corrected chi connectivity index (χ2v) is 6.90. The van der Waals surface area contributed by atoms with Gasteiger partial charge in [-0.25, -0.2) is 0 Å². The standard InChI is InChI=1S/C13H12BrClOS/c1-7-6-10(15)8(2)5-9(7)13(16)11-3-4-12(14)17-11/h3-6,13,16H,1-2H3. The highest BCUT2D eigenvalue weighted by Gasteiger charge is 2.16. The van der Waals surface area contributed by atoms with Gasteiger partial charge in [0, 0.05) is 9.90 Å². The van der Waals surface area contributed by atoms with Crippen LogP contribution in [0.4, 0.5) is 0 Å². The van der Waals surface area contributed by atoms with Crippen LogP contribution in [0.5, 0.6) is 0 Å². The summed E-state index contributed by atoms with van der Waals surface area (Å²) in [6, 6.07) is 7.73. The molecule has 0 fully saturated rings. The first kappa shape index (κ1) is 13.1. The second kappa shape index (κ2) is 5.11. The monoisotopic (exact) mass is 330 g/mol. The Hall–Kier alpha value is -0.350. The average molecular weight is 332 g/mol. The zero-order valence-corrected chi connectivity index (χ0v) is 12.7.